The summed E-state index contributed by atoms with van der Waals surface area (Å²) in [5.41, 5.74) is 1.95. The highest BCUT2D eigenvalue weighted by atomic mass is 32.1. The molecule has 2 atom stereocenters. The molecule has 126 valence electrons. The summed E-state index contributed by atoms with van der Waals surface area (Å²) < 4.78 is 0. The molecular weight excluding hydrogens is 320 g/mol. The number of amides is 1. The van der Waals surface area contributed by atoms with E-state index in [4.69, 9.17) is 0 Å². The van der Waals surface area contributed by atoms with Gasteiger partial charge in [0.05, 0.1) is 22.8 Å². The lowest BCUT2D eigenvalue weighted by atomic mass is 9.93. The number of rotatable bonds is 4. The summed E-state index contributed by atoms with van der Waals surface area (Å²) in [5, 5.41) is 13.3. The van der Waals surface area contributed by atoms with Crippen LogP contribution in [-0.2, 0) is 11.2 Å². The number of nitrogens with zero attached hydrogens (tertiary/aromatic N) is 2. The minimum Gasteiger partial charge on any atom is -0.391 e. The number of hydrogen-bond acceptors (Lipinski definition) is 4. The number of carbonyl (C=O) groups excluding carboxylic acids is 1. The van der Waals surface area contributed by atoms with Crippen LogP contribution in [0.1, 0.15) is 29.1 Å². The summed E-state index contributed by atoms with van der Waals surface area (Å²) in [7, 11) is 0. The van der Waals surface area contributed by atoms with Crippen LogP contribution < -0.4 is 0 Å². The van der Waals surface area contributed by atoms with E-state index in [-0.39, 0.29) is 11.9 Å². The zero-order valence-electron chi connectivity index (χ0n) is 13.8. The highest BCUT2D eigenvalue weighted by Crippen LogP contribution is 2.22. The van der Waals surface area contributed by atoms with E-state index in [9.17, 15) is 9.90 Å². The highest BCUT2D eigenvalue weighted by Gasteiger charge is 2.32. The number of hydrogen-bond donors (Lipinski definition) is 1. The molecule has 1 aromatic heterocycles. The third-order valence-electron chi connectivity index (χ3n) is 4.35. The van der Waals surface area contributed by atoms with E-state index in [2.05, 4.69) is 4.98 Å². The Bertz CT molecular complexity index is 711. The van der Waals surface area contributed by atoms with Crippen molar-refractivity contribution in [3.63, 3.8) is 0 Å². The van der Waals surface area contributed by atoms with Gasteiger partial charge in [-0.15, -0.1) is 11.3 Å². The maximum atomic E-state index is 12.6. The fourth-order valence-corrected chi connectivity index (χ4v) is 3.70. The van der Waals surface area contributed by atoms with Crippen LogP contribution in [0.5, 0.6) is 0 Å². The molecule has 24 heavy (non-hydrogen) atoms. The molecule has 4 nitrogen and oxygen atoms in total. The number of carbonyl (C=O) groups is 1. The Morgan fingerprint density at radius 1 is 1.42 bits per heavy atom. The van der Waals surface area contributed by atoms with Crippen LogP contribution in [0.25, 0.3) is 6.08 Å². The summed E-state index contributed by atoms with van der Waals surface area (Å²) in [6.45, 7) is 2.63. The molecule has 1 aliphatic rings. The van der Waals surface area contributed by atoms with Gasteiger partial charge >= 0.3 is 0 Å². The van der Waals surface area contributed by atoms with Gasteiger partial charge in [0.15, 0.2) is 0 Å². The lowest BCUT2D eigenvalue weighted by molar-refractivity contribution is -0.133. The van der Waals surface area contributed by atoms with Crippen molar-refractivity contribution in [1.29, 1.82) is 0 Å². The molecule has 0 aliphatic carbocycles. The summed E-state index contributed by atoms with van der Waals surface area (Å²) in [6, 6.07) is 9.86. The van der Waals surface area contributed by atoms with Gasteiger partial charge in [-0.3, -0.25) is 4.79 Å². The number of aromatic nitrogens is 1. The lowest BCUT2D eigenvalue weighted by Crippen LogP contribution is -2.51. The minimum atomic E-state index is -0.474. The van der Waals surface area contributed by atoms with Gasteiger partial charge in [0.25, 0.3) is 0 Å². The SMILES string of the molecule is Cc1nc(/C=C/C(=O)N2CCC[C@H](O)[C@@H]2Cc2ccccc2)cs1. The standard InChI is InChI=1S/C19H22N2O2S/c1-14-20-16(13-24-14)9-10-19(23)21-11-5-8-18(22)17(21)12-15-6-3-2-4-7-15/h2-4,6-7,9-10,13,17-18,22H,5,8,11-12H2,1H3/b10-9+/t17-,18-/m0/s1. The molecule has 1 saturated heterocycles. The van der Waals surface area contributed by atoms with Crippen molar-refractivity contribution in [1.82, 2.24) is 9.88 Å². The van der Waals surface area contributed by atoms with Gasteiger partial charge in [-0.2, -0.15) is 0 Å². The molecule has 0 unspecified atom stereocenters. The molecule has 0 saturated carbocycles. The van der Waals surface area contributed by atoms with Crippen LogP contribution in [0.3, 0.4) is 0 Å². The van der Waals surface area contributed by atoms with Gasteiger partial charge in [-0.05, 0) is 37.8 Å². The zero-order valence-corrected chi connectivity index (χ0v) is 14.6. The number of aryl methyl sites for hydroxylation is 1. The second-order valence-electron chi connectivity index (χ2n) is 6.12. The van der Waals surface area contributed by atoms with E-state index in [1.807, 2.05) is 42.6 Å². The van der Waals surface area contributed by atoms with Crippen LogP contribution in [-0.4, -0.2) is 39.6 Å². The Balaban J connectivity index is 1.73. The summed E-state index contributed by atoms with van der Waals surface area (Å²) in [6.07, 6.45) is 5.12. The summed E-state index contributed by atoms with van der Waals surface area (Å²) in [5.74, 6) is -0.0552. The van der Waals surface area contributed by atoms with Gasteiger partial charge < -0.3 is 10.0 Å². The zero-order chi connectivity index (χ0) is 16.9. The fourth-order valence-electron chi connectivity index (χ4n) is 3.12. The van der Waals surface area contributed by atoms with E-state index in [0.717, 1.165) is 29.1 Å². The Morgan fingerprint density at radius 2 is 2.21 bits per heavy atom. The molecule has 0 radical (unpaired) electrons. The van der Waals surface area contributed by atoms with E-state index in [1.54, 1.807) is 28.4 Å². The average Bonchev–Trinajstić information content (AvgIpc) is 3.01. The summed E-state index contributed by atoms with van der Waals surface area (Å²) >= 11 is 1.57. The largest absolute Gasteiger partial charge is 0.391 e. The third-order valence-corrected chi connectivity index (χ3v) is 5.14. The Hall–Kier alpha value is -1.98. The third kappa shape index (κ3) is 4.10. The molecule has 5 heteroatoms. The van der Waals surface area contributed by atoms with Gasteiger partial charge in [0.2, 0.25) is 5.91 Å². The maximum Gasteiger partial charge on any atom is 0.246 e. The smallest absolute Gasteiger partial charge is 0.246 e. The van der Waals surface area contributed by atoms with Gasteiger partial charge in [-0.25, -0.2) is 4.98 Å². The lowest BCUT2D eigenvalue weighted by Gasteiger charge is -2.38. The first-order chi connectivity index (χ1) is 11.6. The molecule has 3 rings (SSSR count). The fraction of sp³-hybridized carbons (Fsp3) is 0.368. The van der Waals surface area contributed by atoms with Crippen LogP contribution in [0.4, 0.5) is 0 Å². The molecule has 2 heterocycles. The molecule has 1 aliphatic heterocycles. The molecule has 0 spiro atoms. The van der Waals surface area contributed by atoms with E-state index < -0.39 is 6.10 Å². The highest BCUT2D eigenvalue weighted by molar-refractivity contribution is 7.09. The molecule has 1 aromatic carbocycles. The molecular formula is C19H22N2O2S. The van der Waals surface area contributed by atoms with Crippen LogP contribution in [0.2, 0.25) is 0 Å². The Morgan fingerprint density at radius 3 is 2.92 bits per heavy atom. The normalized spacial score (nSPS) is 21.3. The second kappa shape index (κ2) is 7.73. The number of thiazole rings is 1. The van der Waals surface area contributed by atoms with Crippen molar-refractivity contribution in [3.8, 4) is 0 Å². The number of aliphatic hydroxyl groups is 1. The van der Waals surface area contributed by atoms with Crippen LogP contribution >= 0.6 is 11.3 Å². The van der Waals surface area contributed by atoms with Crippen molar-refractivity contribution in [2.75, 3.05) is 6.54 Å². The predicted molar refractivity (Wildman–Crippen MR) is 96.8 cm³/mol. The summed E-state index contributed by atoms with van der Waals surface area (Å²) in [4.78, 5) is 18.8. The molecule has 1 amide bonds. The van der Waals surface area contributed by atoms with Crippen molar-refractivity contribution >= 4 is 23.3 Å². The Labute approximate surface area is 146 Å². The molecule has 1 N–H and O–H groups in total. The second-order valence-corrected chi connectivity index (χ2v) is 7.19. The molecule has 2 aromatic rings. The molecule has 0 bridgehead atoms. The predicted octanol–water partition coefficient (Wildman–Crippen LogP) is 3.06. The first-order valence-corrected chi connectivity index (χ1v) is 9.14. The number of benzene rings is 1. The minimum absolute atomic E-state index is 0.0552. The van der Waals surface area contributed by atoms with E-state index in [1.165, 1.54) is 0 Å². The van der Waals surface area contributed by atoms with Gasteiger partial charge in [0, 0.05) is 18.0 Å². The van der Waals surface area contributed by atoms with Gasteiger partial charge in [-0.1, -0.05) is 30.3 Å². The van der Waals surface area contributed by atoms with Crippen molar-refractivity contribution in [2.24, 2.45) is 0 Å². The van der Waals surface area contributed by atoms with Crippen LogP contribution in [0.15, 0.2) is 41.8 Å². The first-order valence-electron chi connectivity index (χ1n) is 8.26. The quantitative estimate of drug-likeness (QED) is 0.869. The van der Waals surface area contributed by atoms with E-state index >= 15 is 0 Å². The number of aliphatic hydroxyl groups excluding tert-OH is 1. The Kier molecular flexibility index (Phi) is 5.43. The van der Waals surface area contributed by atoms with Crippen molar-refractivity contribution < 1.29 is 9.90 Å². The van der Waals surface area contributed by atoms with Gasteiger partial charge in [0.1, 0.15) is 0 Å². The topological polar surface area (TPSA) is 53.4 Å². The van der Waals surface area contributed by atoms with Crippen molar-refractivity contribution in [2.45, 2.75) is 38.3 Å². The maximum absolute atomic E-state index is 12.6. The number of piperidine rings is 1. The molecule has 1 fully saturated rings. The monoisotopic (exact) mass is 342 g/mol. The van der Waals surface area contributed by atoms with Crippen LogP contribution in [0, 0.1) is 6.92 Å². The number of likely N-dealkylation sites (tertiary alicyclic amines) is 1. The van der Waals surface area contributed by atoms with Crippen molar-refractivity contribution in [3.05, 3.63) is 58.1 Å². The first kappa shape index (κ1) is 16.9. The average molecular weight is 342 g/mol. The van der Waals surface area contributed by atoms with E-state index in [0.29, 0.717) is 13.0 Å².